The van der Waals surface area contributed by atoms with Crippen molar-refractivity contribution in [2.75, 3.05) is 39.9 Å². The van der Waals surface area contributed by atoms with Gasteiger partial charge in [0.15, 0.2) is 18.1 Å². The second-order valence-corrected chi connectivity index (χ2v) is 5.84. The maximum absolute atomic E-state index is 12.7. The number of likely N-dealkylation sites (N-methyl/N-ethyl adjacent to an activating group) is 1. The van der Waals surface area contributed by atoms with E-state index < -0.39 is 12.6 Å². The maximum atomic E-state index is 12.7. The van der Waals surface area contributed by atoms with E-state index in [9.17, 15) is 9.59 Å². The van der Waals surface area contributed by atoms with Crippen LogP contribution in [0.15, 0.2) is 36.4 Å². The first-order valence-electron chi connectivity index (χ1n) is 8.39. The van der Waals surface area contributed by atoms with Gasteiger partial charge in [0.25, 0.3) is 0 Å². The van der Waals surface area contributed by atoms with E-state index in [0.717, 1.165) is 0 Å². The minimum absolute atomic E-state index is 0.129. The number of hydrogen-bond acceptors (Lipinski definition) is 6. The smallest absolute Gasteiger partial charge is 0.341 e. The van der Waals surface area contributed by atoms with Gasteiger partial charge in [-0.3, -0.25) is 4.79 Å². The van der Waals surface area contributed by atoms with Gasteiger partial charge in [-0.25, -0.2) is 4.79 Å². The first kappa shape index (κ1) is 20.9. The molecule has 2 aromatic carbocycles. The van der Waals surface area contributed by atoms with E-state index >= 15 is 0 Å². The number of nitrogens with zero attached hydrogens (tertiary/aromatic N) is 1. The van der Waals surface area contributed by atoms with Crippen LogP contribution in [0.4, 0.5) is 5.69 Å². The Morgan fingerprint density at radius 3 is 2.00 bits per heavy atom. The second kappa shape index (κ2) is 9.50. The highest BCUT2D eigenvalue weighted by Gasteiger charge is 2.17. The average Bonchev–Trinajstić information content (AvgIpc) is 2.71. The van der Waals surface area contributed by atoms with Crippen LogP contribution in [0.2, 0.25) is 0 Å². The maximum Gasteiger partial charge on any atom is 0.341 e. The number of hydrogen-bond donors (Lipinski definition) is 1. The summed E-state index contributed by atoms with van der Waals surface area (Å²) in [6.07, 6.45) is 0.129. The van der Waals surface area contributed by atoms with E-state index in [1.807, 2.05) is 0 Å². The van der Waals surface area contributed by atoms with Gasteiger partial charge in [-0.05, 0) is 42.0 Å². The molecule has 28 heavy (non-hydrogen) atoms. The summed E-state index contributed by atoms with van der Waals surface area (Å²) < 4.78 is 21.0. The second-order valence-electron chi connectivity index (χ2n) is 5.84. The molecule has 150 valence electrons. The molecule has 0 aliphatic rings. The standard InChI is InChI=1S/C20H23NO7/c1-21(14-5-7-15(8-6-14)28-12-19(23)24)18(22)11-13-9-16(25-2)20(27-4)17(10-13)26-3/h5-10H,11-12H2,1-4H3,(H,23,24). The summed E-state index contributed by atoms with van der Waals surface area (Å²) in [6.45, 7) is -0.421. The lowest BCUT2D eigenvalue weighted by Crippen LogP contribution is -2.27. The van der Waals surface area contributed by atoms with Crippen molar-refractivity contribution in [3.8, 4) is 23.0 Å². The molecule has 0 bridgehead atoms. The van der Waals surface area contributed by atoms with Crippen LogP contribution < -0.4 is 23.8 Å². The summed E-state index contributed by atoms with van der Waals surface area (Å²) in [5.74, 6) is 0.637. The van der Waals surface area contributed by atoms with Gasteiger partial charge >= 0.3 is 5.97 Å². The molecule has 0 aromatic heterocycles. The number of amides is 1. The predicted molar refractivity (Wildman–Crippen MR) is 103 cm³/mol. The first-order chi connectivity index (χ1) is 13.4. The van der Waals surface area contributed by atoms with E-state index in [2.05, 4.69) is 0 Å². The van der Waals surface area contributed by atoms with Gasteiger partial charge in [0.05, 0.1) is 27.8 Å². The van der Waals surface area contributed by atoms with Gasteiger partial charge < -0.3 is 29.0 Å². The molecular weight excluding hydrogens is 366 g/mol. The molecule has 1 N–H and O–H groups in total. The zero-order valence-electron chi connectivity index (χ0n) is 16.2. The number of carboxylic acid groups (broad SMARTS) is 1. The van der Waals surface area contributed by atoms with Gasteiger partial charge in [-0.2, -0.15) is 0 Å². The topological polar surface area (TPSA) is 94.5 Å². The summed E-state index contributed by atoms with van der Waals surface area (Å²) in [5, 5.41) is 8.63. The summed E-state index contributed by atoms with van der Waals surface area (Å²) in [6, 6.07) is 10.1. The molecule has 0 spiro atoms. The number of benzene rings is 2. The van der Waals surface area contributed by atoms with Crippen molar-refractivity contribution < 1.29 is 33.6 Å². The molecule has 0 radical (unpaired) electrons. The molecule has 1 amide bonds. The van der Waals surface area contributed by atoms with E-state index in [-0.39, 0.29) is 12.3 Å². The van der Waals surface area contributed by atoms with Crippen LogP contribution >= 0.6 is 0 Å². The summed E-state index contributed by atoms with van der Waals surface area (Å²) >= 11 is 0. The Kier molecular flexibility index (Phi) is 7.08. The summed E-state index contributed by atoms with van der Waals surface area (Å²) in [5.41, 5.74) is 1.37. The molecule has 8 heteroatoms. The molecular formula is C20H23NO7. The van der Waals surface area contributed by atoms with Gasteiger partial charge in [-0.15, -0.1) is 0 Å². The number of methoxy groups -OCH3 is 3. The van der Waals surface area contributed by atoms with Crippen molar-refractivity contribution in [2.24, 2.45) is 0 Å². The SMILES string of the molecule is COc1cc(CC(=O)N(C)c2ccc(OCC(=O)O)cc2)cc(OC)c1OC. The van der Waals surface area contributed by atoms with Crippen LogP contribution in [0, 0.1) is 0 Å². The molecule has 0 atom stereocenters. The lowest BCUT2D eigenvalue weighted by molar-refractivity contribution is -0.139. The Morgan fingerprint density at radius 2 is 1.54 bits per heavy atom. The van der Waals surface area contributed by atoms with Gasteiger partial charge in [0.1, 0.15) is 5.75 Å². The number of rotatable bonds is 9. The third kappa shape index (κ3) is 5.06. The Bertz CT molecular complexity index is 808. The molecule has 2 aromatic rings. The molecule has 0 unspecified atom stereocenters. The first-order valence-corrected chi connectivity index (χ1v) is 8.39. The zero-order valence-corrected chi connectivity index (χ0v) is 16.2. The Morgan fingerprint density at radius 1 is 0.964 bits per heavy atom. The largest absolute Gasteiger partial charge is 0.493 e. The highest BCUT2D eigenvalue weighted by atomic mass is 16.5. The lowest BCUT2D eigenvalue weighted by Gasteiger charge is -2.19. The van der Waals surface area contributed by atoms with Gasteiger partial charge in [0, 0.05) is 12.7 Å². The van der Waals surface area contributed by atoms with E-state index in [1.54, 1.807) is 43.4 Å². The third-order valence-corrected chi connectivity index (χ3v) is 4.04. The number of carbonyl (C=O) groups is 2. The number of carboxylic acids is 1. The van der Waals surface area contributed by atoms with Crippen LogP contribution in [0.25, 0.3) is 0 Å². The molecule has 0 saturated heterocycles. The van der Waals surface area contributed by atoms with Crippen molar-refractivity contribution in [3.05, 3.63) is 42.0 Å². The molecule has 8 nitrogen and oxygen atoms in total. The minimum atomic E-state index is -1.05. The summed E-state index contributed by atoms with van der Waals surface area (Å²) in [7, 11) is 6.21. The molecule has 0 saturated carbocycles. The average molecular weight is 389 g/mol. The number of aliphatic carboxylic acids is 1. The van der Waals surface area contributed by atoms with Crippen molar-refractivity contribution in [2.45, 2.75) is 6.42 Å². The molecule has 0 heterocycles. The summed E-state index contributed by atoms with van der Waals surface area (Å²) in [4.78, 5) is 24.7. The molecule has 0 fully saturated rings. The third-order valence-electron chi connectivity index (χ3n) is 4.04. The molecule has 2 rings (SSSR count). The van der Waals surface area contributed by atoms with Crippen molar-refractivity contribution in [3.63, 3.8) is 0 Å². The Hall–Kier alpha value is -3.42. The predicted octanol–water partition coefficient (Wildman–Crippen LogP) is 2.38. The van der Waals surface area contributed by atoms with Crippen LogP contribution in [-0.4, -0.2) is 52.0 Å². The minimum Gasteiger partial charge on any atom is -0.493 e. The fourth-order valence-corrected chi connectivity index (χ4v) is 2.59. The highest BCUT2D eigenvalue weighted by Crippen LogP contribution is 2.38. The quantitative estimate of drug-likeness (QED) is 0.704. The lowest BCUT2D eigenvalue weighted by atomic mass is 10.1. The zero-order chi connectivity index (χ0) is 20.7. The Balaban J connectivity index is 2.12. The van der Waals surface area contributed by atoms with E-state index in [0.29, 0.717) is 34.2 Å². The van der Waals surface area contributed by atoms with Crippen molar-refractivity contribution >= 4 is 17.6 Å². The number of ether oxygens (including phenoxy) is 4. The van der Waals surface area contributed by atoms with Gasteiger partial charge in [-0.1, -0.05) is 0 Å². The van der Waals surface area contributed by atoms with Crippen LogP contribution in [0.5, 0.6) is 23.0 Å². The fraction of sp³-hybridized carbons (Fsp3) is 0.300. The van der Waals surface area contributed by atoms with Gasteiger partial charge in [0.2, 0.25) is 11.7 Å². The number of anilines is 1. The fourth-order valence-electron chi connectivity index (χ4n) is 2.59. The van der Waals surface area contributed by atoms with Crippen molar-refractivity contribution in [1.29, 1.82) is 0 Å². The molecule has 0 aliphatic carbocycles. The Labute approximate surface area is 163 Å². The molecule has 0 aliphatic heterocycles. The highest BCUT2D eigenvalue weighted by molar-refractivity contribution is 5.94. The van der Waals surface area contributed by atoms with Crippen molar-refractivity contribution in [1.82, 2.24) is 0 Å². The van der Waals surface area contributed by atoms with E-state index in [1.165, 1.54) is 26.2 Å². The monoisotopic (exact) mass is 389 g/mol. The number of carbonyl (C=O) groups excluding carboxylic acids is 1. The van der Waals surface area contributed by atoms with E-state index in [4.69, 9.17) is 24.1 Å². The van der Waals surface area contributed by atoms with Crippen LogP contribution in [0.1, 0.15) is 5.56 Å². The van der Waals surface area contributed by atoms with Crippen LogP contribution in [0.3, 0.4) is 0 Å². The van der Waals surface area contributed by atoms with Crippen LogP contribution in [-0.2, 0) is 16.0 Å². The normalized spacial score (nSPS) is 10.1.